The van der Waals surface area contributed by atoms with E-state index in [4.69, 9.17) is 5.73 Å². The van der Waals surface area contributed by atoms with Crippen molar-refractivity contribution < 1.29 is 29.4 Å². The molecule has 0 saturated carbocycles. The number of rotatable bonds is 14. The van der Waals surface area contributed by atoms with E-state index in [-0.39, 0.29) is 18.8 Å². The van der Waals surface area contributed by atoms with Crippen LogP contribution in [0.3, 0.4) is 0 Å². The highest BCUT2D eigenvalue weighted by atomic mass is 16.4. The fraction of sp³-hybridized carbons (Fsp3) is 0.545. The van der Waals surface area contributed by atoms with Crippen molar-refractivity contribution in [2.24, 2.45) is 11.7 Å². The van der Waals surface area contributed by atoms with Gasteiger partial charge in [-0.2, -0.15) is 0 Å². The normalized spacial score (nSPS) is 16.1. The zero-order valence-electron chi connectivity index (χ0n) is 20.4. The number of carboxylic acid groups (broad SMARTS) is 1. The molecule has 6 unspecified atom stereocenters. The van der Waals surface area contributed by atoms with Crippen molar-refractivity contribution in [2.45, 2.75) is 70.3 Å². The number of nitrogens with one attached hydrogen (secondary N) is 5. The summed E-state index contributed by atoms with van der Waals surface area (Å²) in [6.45, 7) is 4.73. The van der Waals surface area contributed by atoms with Gasteiger partial charge < -0.3 is 41.9 Å². The molecule has 2 aromatic heterocycles. The molecule has 0 spiro atoms. The summed E-state index contributed by atoms with van der Waals surface area (Å²) in [6.07, 6.45) is 5.13. The SMILES string of the molecule is CCC(C)C(NC(=O)C(NC(=O)C(Cc1cnc[nH]1)NC(=O)C(N)Cc1cnc[nH]1)C(C)O)C(=O)O. The second-order valence-electron chi connectivity index (χ2n) is 8.67. The number of hydrogen-bond donors (Lipinski definition) is 8. The molecule has 0 radical (unpaired) electrons. The number of carbonyl (C=O) groups excluding carboxylic acids is 3. The number of aliphatic carboxylic acids is 1. The molecule has 0 fully saturated rings. The molecule has 0 aliphatic heterocycles. The Bertz CT molecular complexity index is 994. The number of aliphatic hydroxyl groups is 1. The minimum absolute atomic E-state index is 0.00683. The molecule has 3 amide bonds. The fourth-order valence-electron chi connectivity index (χ4n) is 3.42. The van der Waals surface area contributed by atoms with E-state index in [1.54, 1.807) is 13.8 Å². The Morgan fingerprint density at radius 2 is 1.47 bits per heavy atom. The van der Waals surface area contributed by atoms with Crippen LogP contribution in [-0.2, 0) is 32.0 Å². The van der Waals surface area contributed by atoms with Gasteiger partial charge in [0.25, 0.3) is 0 Å². The number of nitrogens with zero attached hydrogens (tertiary/aromatic N) is 2. The number of aromatic nitrogens is 4. The average molecular weight is 507 g/mol. The molecule has 0 aliphatic rings. The number of hydrogen-bond acceptors (Lipinski definition) is 8. The van der Waals surface area contributed by atoms with E-state index in [9.17, 15) is 29.4 Å². The molecule has 198 valence electrons. The third-order valence-corrected chi connectivity index (χ3v) is 5.78. The maximum absolute atomic E-state index is 13.1. The first-order valence-electron chi connectivity index (χ1n) is 11.6. The molecule has 6 atom stereocenters. The van der Waals surface area contributed by atoms with Gasteiger partial charge in [-0.3, -0.25) is 14.4 Å². The van der Waals surface area contributed by atoms with Crippen LogP contribution in [0.15, 0.2) is 25.0 Å². The number of carboxylic acids is 1. The topological polar surface area (TPSA) is 228 Å². The first kappa shape index (κ1) is 28.5. The number of amides is 3. The second kappa shape index (κ2) is 13.3. The van der Waals surface area contributed by atoms with Gasteiger partial charge in [-0.25, -0.2) is 14.8 Å². The van der Waals surface area contributed by atoms with Gasteiger partial charge in [0, 0.05) is 36.6 Å². The molecule has 14 heteroatoms. The van der Waals surface area contributed by atoms with Crippen molar-refractivity contribution >= 4 is 23.7 Å². The minimum Gasteiger partial charge on any atom is -0.480 e. The summed E-state index contributed by atoms with van der Waals surface area (Å²) in [4.78, 5) is 63.7. The van der Waals surface area contributed by atoms with E-state index in [1.165, 1.54) is 32.0 Å². The molecule has 0 aliphatic carbocycles. The molecule has 2 heterocycles. The van der Waals surface area contributed by atoms with Crippen molar-refractivity contribution in [1.82, 2.24) is 35.9 Å². The summed E-state index contributed by atoms with van der Waals surface area (Å²) in [6, 6.07) is -4.85. The Balaban J connectivity index is 2.15. The summed E-state index contributed by atoms with van der Waals surface area (Å²) in [5.74, 6) is -3.88. The van der Waals surface area contributed by atoms with Gasteiger partial charge in [0.15, 0.2) is 0 Å². The number of nitrogens with two attached hydrogens (primary N) is 1. The fourth-order valence-corrected chi connectivity index (χ4v) is 3.42. The third kappa shape index (κ3) is 8.16. The van der Waals surface area contributed by atoms with Crippen LogP contribution in [-0.4, -0.2) is 84.1 Å². The molecule has 0 saturated heterocycles. The number of aromatic amines is 2. The predicted molar refractivity (Wildman–Crippen MR) is 127 cm³/mol. The quantitative estimate of drug-likeness (QED) is 0.144. The number of imidazole rings is 2. The highest BCUT2D eigenvalue weighted by Crippen LogP contribution is 2.09. The van der Waals surface area contributed by atoms with Crippen LogP contribution in [0.5, 0.6) is 0 Å². The number of carbonyl (C=O) groups is 4. The first-order valence-corrected chi connectivity index (χ1v) is 11.6. The van der Waals surface area contributed by atoms with E-state index in [2.05, 4.69) is 35.9 Å². The van der Waals surface area contributed by atoms with E-state index >= 15 is 0 Å². The van der Waals surface area contributed by atoms with Gasteiger partial charge in [-0.15, -0.1) is 0 Å². The summed E-state index contributed by atoms with van der Waals surface area (Å²) >= 11 is 0. The number of H-pyrrole nitrogens is 2. The zero-order chi connectivity index (χ0) is 26.8. The summed E-state index contributed by atoms with van der Waals surface area (Å²) in [7, 11) is 0. The molecule has 2 rings (SSSR count). The van der Waals surface area contributed by atoms with Crippen LogP contribution in [0.25, 0.3) is 0 Å². The number of aliphatic hydroxyl groups excluding tert-OH is 1. The maximum Gasteiger partial charge on any atom is 0.326 e. The average Bonchev–Trinajstić information content (AvgIpc) is 3.53. The van der Waals surface area contributed by atoms with Crippen LogP contribution in [0.2, 0.25) is 0 Å². The minimum atomic E-state index is -1.47. The van der Waals surface area contributed by atoms with Gasteiger partial charge in [0.2, 0.25) is 17.7 Å². The summed E-state index contributed by atoms with van der Waals surface area (Å²) in [5, 5.41) is 27.0. The molecular formula is C22H34N8O6. The molecule has 0 aromatic carbocycles. The Morgan fingerprint density at radius 3 is 1.94 bits per heavy atom. The highest BCUT2D eigenvalue weighted by Gasteiger charge is 2.34. The standard InChI is InChI=1S/C22H34N8O6/c1-4-11(2)17(22(35)36)29-21(34)18(12(3)31)30-20(33)16(6-14-8-25-10-27-14)28-19(32)15(23)5-13-7-24-9-26-13/h7-12,15-18,31H,4-6,23H2,1-3H3,(H,24,26)(H,25,27)(H,28,32)(H,29,34)(H,30,33)(H,35,36). The van der Waals surface area contributed by atoms with Gasteiger partial charge >= 0.3 is 5.97 Å². The van der Waals surface area contributed by atoms with Gasteiger partial charge in [-0.1, -0.05) is 20.3 Å². The largest absolute Gasteiger partial charge is 0.480 e. The van der Waals surface area contributed by atoms with E-state index in [0.717, 1.165) is 0 Å². The monoisotopic (exact) mass is 506 g/mol. The van der Waals surface area contributed by atoms with E-state index in [0.29, 0.717) is 17.8 Å². The molecule has 9 N–H and O–H groups in total. The molecule has 14 nitrogen and oxygen atoms in total. The lowest BCUT2D eigenvalue weighted by Gasteiger charge is -2.27. The van der Waals surface area contributed by atoms with Crippen LogP contribution < -0.4 is 21.7 Å². The maximum atomic E-state index is 13.1. The smallest absolute Gasteiger partial charge is 0.326 e. The Morgan fingerprint density at radius 1 is 0.917 bits per heavy atom. The lowest BCUT2D eigenvalue weighted by molar-refractivity contribution is -0.144. The lowest BCUT2D eigenvalue weighted by atomic mass is 9.98. The Kier molecular flexibility index (Phi) is 10.5. The van der Waals surface area contributed by atoms with Gasteiger partial charge in [0.1, 0.15) is 18.1 Å². The van der Waals surface area contributed by atoms with Gasteiger partial charge in [0.05, 0.1) is 24.8 Å². The van der Waals surface area contributed by atoms with Crippen molar-refractivity contribution in [3.63, 3.8) is 0 Å². The van der Waals surface area contributed by atoms with Crippen molar-refractivity contribution in [1.29, 1.82) is 0 Å². The first-order chi connectivity index (χ1) is 17.0. The van der Waals surface area contributed by atoms with Gasteiger partial charge in [-0.05, 0) is 12.8 Å². The predicted octanol–water partition coefficient (Wildman–Crippen LogP) is -1.79. The van der Waals surface area contributed by atoms with Crippen molar-refractivity contribution in [3.05, 3.63) is 36.4 Å². The van der Waals surface area contributed by atoms with Crippen molar-refractivity contribution in [3.8, 4) is 0 Å². The van der Waals surface area contributed by atoms with Crippen LogP contribution in [0, 0.1) is 5.92 Å². The molecule has 2 aromatic rings. The zero-order valence-corrected chi connectivity index (χ0v) is 20.4. The lowest BCUT2D eigenvalue weighted by Crippen LogP contribution is -2.60. The Hall–Kier alpha value is -3.78. The second-order valence-corrected chi connectivity index (χ2v) is 8.67. The summed E-state index contributed by atoms with van der Waals surface area (Å²) in [5.41, 5.74) is 7.14. The third-order valence-electron chi connectivity index (χ3n) is 5.78. The van der Waals surface area contributed by atoms with Crippen LogP contribution in [0.4, 0.5) is 0 Å². The van der Waals surface area contributed by atoms with E-state index in [1.807, 2.05) is 0 Å². The molecular weight excluding hydrogens is 472 g/mol. The highest BCUT2D eigenvalue weighted by molar-refractivity contribution is 5.94. The van der Waals surface area contributed by atoms with Crippen LogP contribution in [0.1, 0.15) is 38.6 Å². The van der Waals surface area contributed by atoms with E-state index < -0.39 is 54.0 Å². The Labute approximate surface area is 207 Å². The molecule has 0 bridgehead atoms. The summed E-state index contributed by atoms with van der Waals surface area (Å²) < 4.78 is 0. The molecule has 36 heavy (non-hydrogen) atoms. The van der Waals surface area contributed by atoms with Crippen LogP contribution >= 0.6 is 0 Å². The van der Waals surface area contributed by atoms with Crippen molar-refractivity contribution in [2.75, 3.05) is 0 Å².